The van der Waals surface area contributed by atoms with Crippen molar-refractivity contribution in [2.24, 2.45) is 7.05 Å². The summed E-state index contributed by atoms with van der Waals surface area (Å²) in [6.45, 7) is 3.77. The highest BCUT2D eigenvalue weighted by Gasteiger charge is 2.19. The first-order valence-corrected chi connectivity index (χ1v) is 7.62. The highest BCUT2D eigenvalue weighted by Crippen LogP contribution is 2.27. The molecule has 22 heavy (non-hydrogen) atoms. The van der Waals surface area contributed by atoms with Crippen molar-refractivity contribution in [1.29, 1.82) is 0 Å². The third kappa shape index (κ3) is 2.42. The quantitative estimate of drug-likeness (QED) is 0.791. The van der Waals surface area contributed by atoms with Gasteiger partial charge in [0.15, 0.2) is 0 Å². The predicted molar refractivity (Wildman–Crippen MR) is 88.7 cm³/mol. The normalized spacial score (nSPS) is 10.9. The molecule has 0 bridgehead atoms. The number of nitrogens with zero attached hydrogens (tertiary/aromatic N) is 2. The molecule has 2 heterocycles. The van der Waals surface area contributed by atoms with E-state index in [0.717, 1.165) is 11.3 Å². The Morgan fingerprint density at radius 2 is 1.91 bits per heavy atom. The van der Waals surface area contributed by atoms with Crippen molar-refractivity contribution in [1.82, 2.24) is 9.55 Å². The smallest absolute Gasteiger partial charge is 0.266 e. The Hall–Kier alpha value is -2.47. The minimum Gasteiger partial charge on any atom is -0.321 e. The van der Waals surface area contributed by atoms with Crippen LogP contribution in [0.4, 0.5) is 5.69 Å². The molecule has 0 saturated heterocycles. The molecule has 0 unspecified atom stereocenters. The van der Waals surface area contributed by atoms with Crippen LogP contribution < -0.4 is 10.9 Å². The molecule has 0 aliphatic heterocycles. The number of fused-ring (bicyclic) bond motifs is 1. The average molecular weight is 313 g/mol. The van der Waals surface area contributed by atoms with Gasteiger partial charge in [-0.25, -0.2) is 4.98 Å². The number of aryl methyl sites for hydroxylation is 3. The van der Waals surface area contributed by atoms with Gasteiger partial charge in [0.05, 0.1) is 16.6 Å². The molecule has 3 rings (SSSR count). The Morgan fingerprint density at radius 1 is 1.23 bits per heavy atom. The van der Waals surface area contributed by atoms with Crippen molar-refractivity contribution in [3.63, 3.8) is 0 Å². The maximum absolute atomic E-state index is 12.4. The lowest BCUT2D eigenvalue weighted by molar-refractivity contribution is 0.103. The Balaban J connectivity index is 2.01. The van der Waals surface area contributed by atoms with Gasteiger partial charge in [0, 0.05) is 12.7 Å². The molecule has 0 radical (unpaired) electrons. The van der Waals surface area contributed by atoms with E-state index in [0.29, 0.717) is 20.7 Å². The lowest BCUT2D eigenvalue weighted by Crippen LogP contribution is -2.17. The van der Waals surface area contributed by atoms with E-state index < -0.39 is 0 Å². The van der Waals surface area contributed by atoms with Crippen molar-refractivity contribution in [2.75, 3.05) is 5.32 Å². The summed E-state index contributed by atoms with van der Waals surface area (Å²) < 4.78 is 1.42. The largest absolute Gasteiger partial charge is 0.321 e. The Kier molecular flexibility index (Phi) is 3.54. The molecule has 0 spiro atoms. The number of hydrogen-bond donors (Lipinski definition) is 1. The summed E-state index contributed by atoms with van der Waals surface area (Å²) in [5, 5.41) is 3.37. The van der Waals surface area contributed by atoms with Crippen LogP contribution in [0.5, 0.6) is 0 Å². The molecular weight excluding hydrogens is 298 g/mol. The molecule has 1 aromatic carbocycles. The Bertz CT molecular complexity index is 923. The number of carbonyl (C=O) groups is 1. The summed E-state index contributed by atoms with van der Waals surface area (Å²) in [5.41, 5.74) is 2.41. The van der Waals surface area contributed by atoms with Crippen LogP contribution in [0.2, 0.25) is 0 Å². The van der Waals surface area contributed by atoms with Gasteiger partial charge >= 0.3 is 0 Å². The molecule has 6 heteroatoms. The van der Waals surface area contributed by atoms with E-state index in [4.69, 9.17) is 0 Å². The number of thiophene rings is 1. The van der Waals surface area contributed by atoms with E-state index >= 15 is 0 Å². The predicted octanol–water partition coefficient (Wildman–Crippen LogP) is 2.86. The van der Waals surface area contributed by atoms with Crippen LogP contribution in [-0.4, -0.2) is 15.5 Å². The molecule has 2 aromatic heterocycles. The van der Waals surface area contributed by atoms with Gasteiger partial charge in [0.2, 0.25) is 0 Å². The van der Waals surface area contributed by atoms with E-state index in [9.17, 15) is 9.59 Å². The van der Waals surface area contributed by atoms with E-state index in [1.165, 1.54) is 22.2 Å². The van der Waals surface area contributed by atoms with Crippen molar-refractivity contribution < 1.29 is 4.79 Å². The standard InChI is InChI=1S/C16H15N3O2S/c1-9-4-6-11(7-5-9)18-14(20)13-10(2)12-15(22-13)17-8-19(3)16(12)21/h4-8H,1-3H3,(H,18,20). The molecule has 5 nitrogen and oxygen atoms in total. The molecular formula is C16H15N3O2S. The van der Waals surface area contributed by atoms with Crippen LogP contribution in [0.25, 0.3) is 10.2 Å². The van der Waals surface area contributed by atoms with Gasteiger partial charge in [-0.1, -0.05) is 17.7 Å². The Labute approximate surface area is 131 Å². The van der Waals surface area contributed by atoms with Gasteiger partial charge in [-0.2, -0.15) is 0 Å². The number of anilines is 1. The van der Waals surface area contributed by atoms with E-state index in [1.807, 2.05) is 31.2 Å². The zero-order valence-corrected chi connectivity index (χ0v) is 13.3. The first-order chi connectivity index (χ1) is 10.5. The van der Waals surface area contributed by atoms with Gasteiger partial charge in [-0.05, 0) is 31.5 Å². The third-order valence-electron chi connectivity index (χ3n) is 3.53. The highest BCUT2D eigenvalue weighted by molar-refractivity contribution is 7.20. The summed E-state index contributed by atoms with van der Waals surface area (Å²) >= 11 is 1.24. The second-order valence-corrected chi connectivity index (χ2v) is 6.22. The number of aromatic nitrogens is 2. The van der Waals surface area contributed by atoms with Crippen LogP contribution in [0.15, 0.2) is 35.4 Å². The first kappa shape index (κ1) is 14.5. The summed E-state index contributed by atoms with van der Waals surface area (Å²) in [6.07, 6.45) is 1.47. The van der Waals surface area contributed by atoms with Crippen molar-refractivity contribution >= 4 is 33.1 Å². The minimum absolute atomic E-state index is 0.131. The minimum atomic E-state index is -0.216. The molecule has 3 aromatic rings. The SMILES string of the molecule is Cc1ccc(NC(=O)c2sc3ncn(C)c(=O)c3c2C)cc1. The zero-order chi connectivity index (χ0) is 15.9. The van der Waals surface area contributed by atoms with Gasteiger partial charge in [0.1, 0.15) is 4.83 Å². The lowest BCUT2D eigenvalue weighted by Gasteiger charge is -2.04. The summed E-state index contributed by atoms with van der Waals surface area (Å²) in [5.74, 6) is -0.216. The fraction of sp³-hybridized carbons (Fsp3) is 0.188. The molecule has 0 saturated carbocycles. The monoisotopic (exact) mass is 313 g/mol. The van der Waals surface area contributed by atoms with Crippen molar-refractivity contribution in [3.8, 4) is 0 Å². The highest BCUT2D eigenvalue weighted by atomic mass is 32.1. The number of carbonyl (C=O) groups excluding carboxylic acids is 1. The average Bonchev–Trinajstić information content (AvgIpc) is 2.83. The van der Waals surface area contributed by atoms with Gasteiger partial charge < -0.3 is 9.88 Å². The van der Waals surface area contributed by atoms with Crippen molar-refractivity contribution in [2.45, 2.75) is 13.8 Å². The Morgan fingerprint density at radius 3 is 2.59 bits per heavy atom. The number of benzene rings is 1. The van der Waals surface area contributed by atoms with Gasteiger partial charge in [0.25, 0.3) is 11.5 Å². The van der Waals surface area contributed by atoms with Crippen LogP contribution in [-0.2, 0) is 7.05 Å². The molecule has 0 fully saturated rings. The van der Waals surface area contributed by atoms with Gasteiger partial charge in [-0.15, -0.1) is 11.3 Å². The summed E-state index contributed by atoms with van der Waals surface area (Å²) in [7, 11) is 1.65. The number of amides is 1. The molecule has 0 atom stereocenters. The number of rotatable bonds is 2. The molecule has 1 N–H and O–H groups in total. The second kappa shape index (κ2) is 5.38. The van der Waals surface area contributed by atoms with Crippen LogP contribution in [0.1, 0.15) is 20.8 Å². The second-order valence-electron chi connectivity index (χ2n) is 5.22. The number of hydrogen-bond acceptors (Lipinski definition) is 4. The summed E-state index contributed by atoms with van der Waals surface area (Å²) in [6, 6.07) is 7.58. The van der Waals surface area contributed by atoms with Gasteiger partial charge in [-0.3, -0.25) is 9.59 Å². The number of nitrogens with one attached hydrogen (secondary N) is 1. The third-order valence-corrected chi connectivity index (χ3v) is 4.72. The maximum atomic E-state index is 12.4. The maximum Gasteiger partial charge on any atom is 0.266 e. The molecule has 0 aliphatic carbocycles. The molecule has 0 aliphatic rings. The van der Waals surface area contributed by atoms with Crippen LogP contribution in [0.3, 0.4) is 0 Å². The van der Waals surface area contributed by atoms with E-state index in [1.54, 1.807) is 14.0 Å². The molecule has 1 amide bonds. The molecule has 112 valence electrons. The fourth-order valence-electron chi connectivity index (χ4n) is 2.25. The lowest BCUT2D eigenvalue weighted by atomic mass is 10.2. The first-order valence-electron chi connectivity index (χ1n) is 6.80. The fourth-order valence-corrected chi connectivity index (χ4v) is 3.28. The zero-order valence-electron chi connectivity index (χ0n) is 12.5. The van der Waals surface area contributed by atoms with Crippen LogP contribution >= 0.6 is 11.3 Å². The van der Waals surface area contributed by atoms with E-state index in [-0.39, 0.29) is 11.5 Å². The van der Waals surface area contributed by atoms with E-state index in [2.05, 4.69) is 10.3 Å². The summed E-state index contributed by atoms with van der Waals surface area (Å²) in [4.78, 5) is 30.0. The van der Waals surface area contributed by atoms with Crippen molar-refractivity contribution in [3.05, 3.63) is 57.0 Å². The van der Waals surface area contributed by atoms with Crippen LogP contribution in [0, 0.1) is 13.8 Å². The topological polar surface area (TPSA) is 64.0 Å².